The van der Waals surface area contributed by atoms with Gasteiger partial charge >= 0.3 is 0 Å². The molecule has 0 aromatic carbocycles. The van der Waals surface area contributed by atoms with Crippen molar-refractivity contribution in [2.75, 3.05) is 13.3 Å². The molecule has 0 aliphatic heterocycles. The van der Waals surface area contributed by atoms with Gasteiger partial charge in [-0.3, -0.25) is 4.99 Å². The Kier molecular flexibility index (Phi) is 6.29. The van der Waals surface area contributed by atoms with Gasteiger partial charge in [0, 0.05) is 13.3 Å². The summed E-state index contributed by atoms with van der Waals surface area (Å²) < 4.78 is 0. The first-order valence-electron chi connectivity index (χ1n) is 3.09. The summed E-state index contributed by atoms with van der Waals surface area (Å²) in [5, 5.41) is 2.10. The van der Waals surface area contributed by atoms with E-state index in [9.17, 15) is 0 Å². The first kappa shape index (κ1) is 9.50. The van der Waals surface area contributed by atoms with Crippen LogP contribution in [0, 0.1) is 0 Å². The van der Waals surface area contributed by atoms with Crippen LogP contribution >= 0.6 is 11.8 Å². The van der Waals surface area contributed by atoms with Gasteiger partial charge in [0.25, 0.3) is 0 Å². The van der Waals surface area contributed by atoms with Crippen LogP contribution in [0.1, 0.15) is 6.92 Å². The number of allylic oxidation sites excluding steroid dienone is 3. The third-order valence-electron chi connectivity index (χ3n) is 0.898. The summed E-state index contributed by atoms with van der Waals surface area (Å²) in [5.41, 5.74) is 1.26. The molecule has 0 aliphatic rings. The minimum atomic E-state index is 1.26. The molecule has 0 aromatic rings. The molecule has 0 saturated carbocycles. The number of rotatable bonds is 3. The molecule has 0 unspecified atom stereocenters. The minimum absolute atomic E-state index is 1.26. The lowest BCUT2D eigenvalue weighted by molar-refractivity contribution is 1.47. The predicted molar refractivity (Wildman–Crippen MR) is 50.8 cm³/mol. The zero-order chi connectivity index (χ0) is 7.82. The molecule has 1 nitrogen and oxygen atoms in total. The van der Waals surface area contributed by atoms with E-state index in [1.807, 2.05) is 18.4 Å². The molecule has 0 saturated heterocycles. The zero-order valence-electron chi connectivity index (χ0n) is 6.66. The number of nitrogens with zero attached hydrogens (tertiary/aromatic N) is 1. The Morgan fingerprint density at radius 2 is 2.20 bits per heavy atom. The van der Waals surface area contributed by atoms with Crippen LogP contribution in [0.4, 0.5) is 0 Å². The molecule has 0 radical (unpaired) electrons. The fraction of sp³-hybridized carbons (Fsp3) is 0.375. The Morgan fingerprint density at radius 1 is 1.50 bits per heavy atom. The third kappa shape index (κ3) is 5.63. The van der Waals surface area contributed by atoms with Crippen molar-refractivity contribution in [1.82, 2.24) is 0 Å². The summed E-state index contributed by atoms with van der Waals surface area (Å²) in [4.78, 5) is 3.82. The van der Waals surface area contributed by atoms with Crippen LogP contribution < -0.4 is 0 Å². The Morgan fingerprint density at radius 3 is 2.70 bits per heavy atom. The highest BCUT2D eigenvalue weighted by atomic mass is 32.2. The molecule has 56 valence electrons. The van der Waals surface area contributed by atoms with E-state index in [1.165, 1.54) is 5.57 Å². The van der Waals surface area contributed by atoms with Gasteiger partial charge in [0.05, 0.1) is 0 Å². The molecule has 0 heterocycles. The summed E-state index contributed by atoms with van der Waals surface area (Å²) in [5.74, 6) is 0. The molecule has 0 atom stereocenters. The second kappa shape index (κ2) is 6.62. The summed E-state index contributed by atoms with van der Waals surface area (Å²) >= 11 is 1.71. The molecular weight excluding hydrogens is 142 g/mol. The van der Waals surface area contributed by atoms with Gasteiger partial charge in [-0.2, -0.15) is 0 Å². The van der Waals surface area contributed by atoms with E-state index in [4.69, 9.17) is 0 Å². The molecule has 2 heteroatoms. The third-order valence-corrected chi connectivity index (χ3v) is 1.51. The van der Waals surface area contributed by atoms with Crippen molar-refractivity contribution in [1.29, 1.82) is 0 Å². The monoisotopic (exact) mass is 155 g/mol. The Labute approximate surface area is 66.9 Å². The smallest absolute Gasteiger partial charge is 0.0277 e. The van der Waals surface area contributed by atoms with Gasteiger partial charge in [0.2, 0.25) is 0 Å². The van der Waals surface area contributed by atoms with Crippen molar-refractivity contribution in [2.24, 2.45) is 4.99 Å². The minimum Gasteiger partial charge on any atom is -0.297 e. The van der Waals surface area contributed by atoms with Crippen molar-refractivity contribution < 1.29 is 0 Å². The largest absolute Gasteiger partial charge is 0.297 e. The van der Waals surface area contributed by atoms with Crippen LogP contribution in [-0.4, -0.2) is 19.5 Å². The maximum atomic E-state index is 3.82. The molecule has 0 aromatic heterocycles. The van der Waals surface area contributed by atoms with Gasteiger partial charge in [-0.1, -0.05) is 6.08 Å². The van der Waals surface area contributed by atoms with Crippen molar-refractivity contribution >= 4 is 18.0 Å². The zero-order valence-corrected chi connectivity index (χ0v) is 7.48. The lowest BCUT2D eigenvalue weighted by atomic mass is 10.3. The summed E-state index contributed by atoms with van der Waals surface area (Å²) in [6.45, 7) is 2.07. The Bertz CT molecular complexity index is 157. The van der Waals surface area contributed by atoms with Crippen molar-refractivity contribution in [2.45, 2.75) is 6.92 Å². The Balaban J connectivity index is 3.76. The van der Waals surface area contributed by atoms with Crippen LogP contribution in [0.3, 0.4) is 0 Å². The van der Waals surface area contributed by atoms with Crippen LogP contribution in [0.15, 0.2) is 28.1 Å². The lowest BCUT2D eigenvalue weighted by Crippen LogP contribution is -1.66. The van der Waals surface area contributed by atoms with Crippen LogP contribution in [0.25, 0.3) is 0 Å². The van der Waals surface area contributed by atoms with E-state index in [0.717, 1.165) is 0 Å². The SMILES string of the molecule is CN=C/C=C\C(C)=C\SC. The standard InChI is InChI=1S/C8H13NS/c1-8(7-10-3)5-4-6-9-2/h4-7H,1-3H3/b5-4-,8-7+,9-6?. The molecular formula is C8H13NS. The second-order valence-corrected chi connectivity index (χ2v) is 2.57. The lowest BCUT2D eigenvalue weighted by Gasteiger charge is -1.85. The average molecular weight is 155 g/mol. The highest BCUT2D eigenvalue weighted by molar-refractivity contribution is 8.01. The first-order valence-corrected chi connectivity index (χ1v) is 4.38. The van der Waals surface area contributed by atoms with Crippen molar-refractivity contribution in [3.63, 3.8) is 0 Å². The van der Waals surface area contributed by atoms with Crippen LogP contribution in [0.2, 0.25) is 0 Å². The van der Waals surface area contributed by atoms with E-state index < -0.39 is 0 Å². The van der Waals surface area contributed by atoms with Gasteiger partial charge in [0.15, 0.2) is 0 Å². The topological polar surface area (TPSA) is 12.4 Å². The van der Waals surface area contributed by atoms with Gasteiger partial charge in [-0.15, -0.1) is 11.8 Å². The molecule has 0 spiro atoms. The maximum absolute atomic E-state index is 3.82. The number of aliphatic imine (C=N–C) groups is 1. The summed E-state index contributed by atoms with van der Waals surface area (Å²) in [6.07, 6.45) is 7.79. The number of hydrogen-bond donors (Lipinski definition) is 0. The molecule has 10 heavy (non-hydrogen) atoms. The van der Waals surface area contributed by atoms with Crippen molar-refractivity contribution in [3.05, 3.63) is 23.1 Å². The van der Waals surface area contributed by atoms with Crippen molar-refractivity contribution in [3.8, 4) is 0 Å². The molecule has 0 rings (SSSR count). The fourth-order valence-corrected chi connectivity index (χ4v) is 0.956. The molecule has 0 N–H and O–H groups in total. The second-order valence-electron chi connectivity index (χ2n) is 1.86. The maximum Gasteiger partial charge on any atom is 0.0277 e. The number of thioether (sulfide) groups is 1. The Hall–Kier alpha value is -0.500. The molecule has 0 amide bonds. The molecule has 0 bridgehead atoms. The van der Waals surface area contributed by atoms with Gasteiger partial charge in [0.1, 0.15) is 0 Å². The summed E-state index contributed by atoms with van der Waals surface area (Å²) in [7, 11) is 1.76. The van der Waals surface area contributed by atoms with Crippen LogP contribution in [0.5, 0.6) is 0 Å². The molecule has 0 aliphatic carbocycles. The molecule has 0 fully saturated rings. The normalized spacial score (nSPS) is 13.7. The van der Waals surface area contributed by atoms with Gasteiger partial charge in [-0.25, -0.2) is 0 Å². The fourth-order valence-electron chi connectivity index (χ4n) is 0.506. The van der Waals surface area contributed by atoms with Gasteiger partial charge in [-0.05, 0) is 30.2 Å². The quantitative estimate of drug-likeness (QED) is 0.450. The number of hydrogen-bond acceptors (Lipinski definition) is 2. The van der Waals surface area contributed by atoms with E-state index >= 15 is 0 Å². The average Bonchev–Trinajstić information content (AvgIpc) is 1.89. The van der Waals surface area contributed by atoms with E-state index in [1.54, 1.807) is 25.0 Å². The predicted octanol–water partition coefficient (Wildman–Crippen LogP) is 2.51. The highest BCUT2D eigenvalue weighted by Crippen LogP contribution is 2.02. The highest BCUT2D eigenvalue weighted by Gasteiger charge is 1.75. The van der Waals surface area contributed by atoms with Gasteiger partial charge < -0.3 is 0 Å². The summed E-state index contributed by atoms with van der Waals surface area (Å²) in [6, 6.07) is 0. The van der Waals surface area contributed by atoms with E-state index in [0.29, 0.717) is 0 Å². The first-order chi connectivity index (χ1) is 4.81. The van der Waals surface area contributed by atoms with E-state index in [-0.39, 0.29) is 0 Å². The van der Waals surface area contributed by atoms with Crippen LogP contribution in [-0.2, 0) is 0 Å². The van der Waals surface area contributed by atoms with E-state index in [2.05, 4.69) is 17.3 Å².